The Balaban J connectivity index is 2.09. The molecule has 0 aliphatic rings. The van der Waals surface area contributed by atoms with Crippen LogP contribution in [0.4, 0.5) is 5.69 Å². The molecule has 2 N–H and O–H groups in total. The van der Waals surface area contributed by atoms with E-state index in [1.807, 2.05) is 0 Å². The van der Waals surface area contributed by atoms with E-state index in [1.54, 1.807) is 24.3 Å². The number of aromatic amines is 1. The first-order valence-electron chi connectivity index (χ1n) is 4.18. The van der Waals surface area contributed by atoms with Gasteiger partial charge in [0.2, 0.25) is 5.82 Å². The van der Waals surface area contributed by atoms with Gasteiger partial charge in [-0.25, -0.2) is 4.98 Å². The summed E-state index contributed by atoms with van der Waals surface area (Å²) in [5.74, 6) is -0.167. The Kier molecular flexibility index (Phi) is 2.64. The van der Waals surface area contributed by atoms with Gasteiger partial charge in [0.15, 0.2) is 0 Å². The number of rotatable bonds is 2. The average molecular weight is 223 g/mol. The van der Waals surface area contributed by atoms with Crippen molar-refractivity contribution in [2.75, 3.05) is 5.32 Å². The predicted octanol–water partition coefficient (Wildman–Crippen LogP) is 1.71. The maximum absolute atomic E-state index is 11.5. The summed E-state index contributed by atoms with van der Waals surface area (Å²) in [6.45, 7) is 0. The van der Waals surface area contributed by atoms with E-state index in [1.165, 1.54) is 6.33 Å². The van der Waals surface area contributed by atoms with Crippen LogP contribution in [0.5, 0.6) is 0 Å². The Hall–Kier alpha value is -1.88. The highest BCUT2D eigenvalue weighted by Crippen LogP contribution is 2.13. The Bertz CT molecular complexity index is 451. The van der Waals surface area contributed by atoms with E-state index in [0.717, 1.165) is 0 Å². The quantitative estimate of drug-likeness (QED) is 0.813. The fourth-order valence-electron chi connectivity index (χ4n) is 1.04. The molecule has 0 aliphatic carbocycles. The summed E-state index contributed by atoms with van der Waals surface area (Å²) in [6, 6.07) is 6.79. The molecule has 0 radical (unpaired) electrons. The SMILES string of the molecule is O=C(Nc1ccc(Cl)cc1)c1ncn[nH]1. The second-order valence-corrected chi connectivity index (χ2v) is 3.23. The summed E-state index contributed by atoms with van der Waals surface area (Å²) in [5, 5.41) is 9.31. The van der Waals surface area contributed by atoms with E-state index < -0.39 is 0 Å². The minimum absolute atomic E-state index is 0.171. The van der Waals surface area contributed by atoms with Crippen LogP contribution in [0, 0.1) is 0 Å². The van der Waals surface area contributed by atoms with Crippen LogP contribution in [-0.2, 0) is 0 Å². The monoisotopic (exact) mass is 222 g/mol. The molecular formula is C9H7ClN4O. The minimum Gasteiger partial charge on any atom is -0.319 e. The van der Waals surface area contributed by atoms with Crippen molar-refractivity contribution >= 4 is 23.2 Å². The van der Waals surface area contributed by atoms with Crippen molar-refractivity contribution in [2.24, 2.45) is 0 Å². The van der Waals surface area contributed by atoms with Crippen LogP contribution >= 0.6 is 11.6 Å². The lowest BCUT2D eigenvalue weighted by Crippen LogP contribution is -2.13. The fraction of sp³-hybridized carbons (Fsp3) is 0. The van der Waals surface area contributed by atoms with Crippen molar-refractivity contribution < 1.29 is 4.79 Å². The average Bonchev–Trinajstić information content (AvgIpc) is 2.74. The van der Waals surface area contributed by atoms with E-state index in [9.17, 15) is 4.79 Å². The first kappa shape index (κ1) is 9.67. The van der Waals surface area contributed by atoms with Crippen LogP contribution in [0.2, 0.25) is 5.02 Å². The highest BCUT2D eigenvalue weighted by Gasteiger charge is 2.07. The lowest BCUT2D eigenvalue weighted by Gasteiger charge is -2.01. The molecule has 0 spiro atoms. The van der Waals surface area contributed by atoms with Crippen molar-refractivity contribution in [3.8, 4) is 0 Å². The van der Waals surface area contributed by atoms with Gasteiger partial charge in [-0.2, -0.15) is 5.10 Å². The van der Waals surface area contributed by atoms with Gasteiger partial charge in [-0.15, -0.1) is 0 Å². The number of anilines is 1. The van der Waals surface area contributed by atoms with Gasteiger partial charge in [-0.05, 0) is 24.3 Å². The molecule has 0 fully saturated rings. The molecule has 0 unspecified atom stereocenters. The number of benzene rings is 1. The molecule has 1 aromatic carbocycles. The van der Waals surface area contributed by atoms with E-state index in [0.29, 0.717) is 10.7 Å². The second-order valence-electron chi connectivity index (χ2n) is 2.80. The Labute approximate surface area is 90.5 Å². The minimum atomic E-state index is -0.338. The van der Waals surface area contributed by atoms with Crippen molar-refractivity contribution in [2.45, 2.75) is 0 Å². The van der Waals surface area contributed by atoms with Crippen LogP contribution in [-0.4, -0.2) is 21.1 Å². The number of hydrogen-bond acceptors (Lipinski definition) is 3. The summed E-state index contributed by atoms with van der Waals surface area (Å²) in [5.41, 5.74) is 0.654. The van der Waals surface area contributed by atoms with Crippen LogP contribution in [0.3, 0.4) is 0 Å². The van der Waals surface area contributed by atoms with E-state index >= 15 is 0 Å². The zero-order valence-corrected chi connectivity index (χ0v) is 8.32. The molecule has 2 rings (SSSR count). The number of H-pyrrole nitrogens is 1. The van der Waals surface area contributed by atoms with Gasteiger partial charge in [0, 0.05) is 10.7 Å². The number of aromatic nitrogens is 3. The van der Waals surface area contributed by atoms with Crippen LogP contribution in [0.25, 0.3) is 0 Å². The van der Waals surface area contributed by atoms with Gasteiger partial charge in [0.25, 0.3) is 5.91 Å². The maximum atomic E-state index is 11.5. The zero-order valence-electron chi connectivity index (χ0n) is 7.57. The smallest absolute Gasteiger partial charge is 0.292 e. The standard InChI is InChI=1S/C9H7ClN4O/c10-6-1-3-7(4-2-6)13-9(15)8-11-5-12-14-8/h1-5H,(H,13,15)(H,11,12,14). The molecule has 15 heavy (non-hydrogen) atoms. The van der Waals surface area contributed by atoms with Gasteiger partial charge in [-0.3, -0.25) is 9.89 Å². The lowest BCUT2D eigenvalue weighted by molar-refractivity contribution is 0.101. The van der Waals surface area contributed by atoms with Crippen LogP contribution in [0.15, 0.2) is 30.6 Å². The third-order valence-electron chi connectivity index (χ3n) is 1.73. The number of nitrogens with one attached hydrogen (secondary N) is 2. The van der Waals surface area contributed by atoms with Crippen molar-refractivity contribution in [3.05, 3.63) is 41.4 Å². The molecule has 0 saturated heterocycles. The summed E-state index contributed by atoms with van der Waals surface area (Å²) in [7, 11) is 0. The molecule has 0 saturated carbocycles. The Morgan fingerprint density at radius 2 is 2.07 bits per heavy atom. The predicted molar refractivity (Wildman–Crippen MR) is 55.8 cm³/mol. The van der Waals surface area contributed by atoms with Gasteiger partial charge in [0.1, 0.15) is 6.33 Å². The van der Waals surface area contributed by atoms with Gasteiger partial charge < -0.3 is 5.32 Å². The van der Waals surface area contributed by atoms with E-state index in [2.05, 4.69) is 20.5 Å². The Morgan fingerprint density at radius 1 is 1.33 bits per heavy atom. The number of hydrogen-bond donors (Lipinski definition) is 2. The number of nitrogens with zero attached hydrogens (tertiary/aromatic N) is 2. The first-order chi connectivity index (χ1) is 7.25. The highest BCUT2D eigenvalue weighted by molar-refractivity contribution is 6.30. The first-order valence-corrected chi connectivity index (χ1v) is 4.56. The fourth-order valence-corrected chi connectivity index (χ4v) is 1.16. The number of carbonyl (C=O) groups excluding carboxylic acids is 1. The molecular weight excluding hydrogens is 216 g/mol. The van der Waals surface area contributed by atoms with Crippen LogP contribution in [0.1, 0.15) is 10.6 Å². The lowest BCUT2D eigenvalue weighted by atomic mass is 10.3. The third kappa shape index (κ3) is 2.32. The van der Waals surface area contributed by atoms with Gasteiger partial charge >= 0.3 is 0 Å². The van der Waals surface area contributed by atoms with Crippen molar-refractivity contribution in [3.63, 3.8) is 0 Å². The Morgan fingerprint density at radius 3 is 2.67 bits per heavy atom. The number of halogens is 1. The molecule has 0 aliphatic heterocycles. The summed E-state index contributed by atoms with van der Waals surface area (Å²) in [4.78, 5) is 15.2. The normalized spacial score (nSPS) is 9.93. The molecule has 6 heteroatoms. The second kappa shape index (κ2) is 4.10. The molecule has 1 amide bonds. The van der Waals surface area contributed by atoms with E-state index in [4.69, 9.17) is 11.6 Å². The van der Waals surface area contributed by atoms with Gasteiger partial charge in [0.05, 0.1) is 0 Å². The van der Waals surface area contributed by atoms with Crippen molar-refractivity contribution in [1.82, 2.24) is 15.2 Å². The molecule has 1 heterocycles. The number of amides is 1. The van der Waals surface area contributed by atoms with Crippen LogP contribution < -0.4 is 5.32 Å². The number of carbonyl (C=O) groups is 1. The molecule has 76 valence electrons. The molecule has 5 nitrogen and oxygen atoms in total. The van der Waals surface area contributed by atoms with Crippen molar-refractivity contribution in [1.29, 1.82) is 0 Å². The topological polar surface area (TPSA) is 70.7 Å². The zero-order chi connectivity index (χ0) is 10.7. The highest BCUT2D eigenvalue weighted by atomic mass is 35.5. The molecule has 0 bridgehead atoms. The van der Waals surface area contributed by atoms with Gasteiger partial charge in [-0.1, -0.05) is 11.6 Å². The maximum Gasteiger partial charge on any atom is 0.292 e. The molecule has 2 aromatic rings. The van der Waals surface area contributed by atoms with E-state index in [-0.39, 0.29) is 11.7 Å². The molecule has 1 aromatic heterocycles. The summed E-state index contributed by atoms with van der Waals surface area (Å²) < 4.78 is 0. The third-order valence-corrected chi connectivity index (χ3v) is 1.98. The molecule has 0 atom stereocenters. The largest absolute Gasteiger partial charge is 0.319 e. The summed E-state index contributed by atoms with van der Waals surface area (Å²) >= 11 is 5.71. The summed E-state index contributed by atoms with van der Waals surface area (Å²) in [6.07, 6.45) is 1.27.